The molecular weight excluding hydrogens is 358 g/mol. The molecule has 0 saturated heterocycles. The van der Waals surface area contributed by atoms with Crippen molar-refractivity contribution in [3.8, 4) is 11.8 Å². The molecule has 0 aliphatic rings. The number of nitrogens with one attached hydrogen (secondary N) is 1. The number of rotatable bonds is 4. The fourth-order valence-electron chi connectivity index (χ4n) is 3.21. The molecule has 1 heterocycles. The van der Waals surface area contributed by atoms with Gasteiger partial charge in [0.05, 0.1) is 0 Å². The molecule has 4 rings (SSSR count). The Morgan fingerprint density at radius 1 is 0.966 bits per heavy atom. The number of benzene rings is 3. The fraction of sp³-hybridized carbons (Fsp3) is 0.0400. The Morgan fingerprint density at radius 2 is 1.72 bits per heavy atom. The number of nitrogens with zero attached hydrogens (tertiary/aromatic N) is 2. The summed E-state index contributed by atoms with van der Waals surface area (Å²) >= 11 is 0. The number of hydrogen-bond donors (Lipinski definition) is 1. The van der Waals surface area contributed by atoms with Crippen LogP contribution in [0.25, 0.3) is 22.5 Å². The summed E-state index contributed by atoms with van der Waals surface area (Å²) in [6.07, 6.45) is 3.53. The van der Waals surface area contributed by atoms with Crippen molar-refractivity contribution >= 4 is 28.4 Å². The van der Waals surface area contributed by atoms with Crippen LogP contribution in [0.3, 0.4) is 0 Å². The lowest BCUT2D eigenvalue weighted by Crippen LogP contribution is -2.13. The summed E-state index contributed by atoms with van der Waals surface area (Å²) in [5.74, 6) is -0.428. The van der Waals surface area contributed by atoms with Crippen LogP contribution in [0.4, 0.5) is 5.69 Å². The first-order chi connectivity index (χ1) is 14.1. The van der Waals surface area contributed by atoms with Gasteiger partial charge in [0.1, 0.15) is 11.6 Å². The lowest BCUT2D eigenvalue weighted by molar-refractivity contribution is -0.112. The van der Waals surface area contributed by atoms with E-state index in [2.05, 4.69) is 29.6 Å². The second-order valence-corrected chi connectivity index (χ2v) is 6.82. The van der Waals surface area contributed by atoms with Gasteiger partial charge in [-0.05, 0) is 60.2 Å². The third kappa shape index (κ3) is 3.95. The molecule has 0 unspecified atom stereocenters. The van der Waals surface area contributed by atoms with E-state index >= 15 is 0 Å². The van der Waals surface area contributed by atoms with Crippen molar-refractivity contribution in [1.82, 2.24) is 4.57 Å². The number of anilines is 1. The molecule has 1 amide bonds. The molecule has 4 aromatic rings. The zero-order valence-electron chi connectivity index (χ0n) is 16.0. The van der Waals surface area contributed by atoms with Crippen LogP contribution in [0.2, 0.25) is 0 Å². The van der Waals surface area contributed by atoms with E-state index < -0.39 is 5.91 Å². The van der Waals surface area contributed by atoms with Crippen molar-refractivity contribution in [3.05, 3.63) is 102 Å². The van der Waals surface area contributed by atoms with Gasteiger partial charge in [-0.1, -0.05) is 48.0 Å². The highest BCUT2D eigenvalue weighted by molar-refractivity contribution is 6.09. The summed E-state index contributed by atoms with van der Waals surface area (Å²) in [5.41, 5.74) is 3.54. The Morgan fingerprint density at radius 3 is 2.48 bits per heavy atom. The van der Waals surface area contributed by atoms with Gasteiger partial charge in [0, 0.05) is 23.3 Å². The molecule has 0 saturated carbocycles. The Balaban J connectivity index is 1.64. The smallest absolute Gasteiger partial charge is 0.266 e. The van der Waals surface area contributed by atoms with Crippen LogP contribution in [0, 0.1) is 18.3 Å². The van der Waals surface area contributed by atoms with Crippen LogP contribution in [0.5, 0.6) is 0 Å². The Labute approximate surface area is 169 Å². The van der Waals surface area contributed by atoms with Crippen molar-refractivity contribution in [2.75, 3.05) is 5.32 Å². The maximum Gasteiger partial charge on any atom is 0.266 e. The Kier molecular flexibility index (Phi) is 4.96. The second kappa shape index (κ2) is 7.87. The van der Waals surface area contributed by atoms with Crippen molar-refractivity contribution in [2.24, 2.45) is 0 Å². The highest BCUT2D eigenvalue weighted by atomic mass is 16.1. The summed E-state index contributed by atoms with van der Waals surface area (Å²) in [5, 5.41) is 14.6. The molecule has 1 N–H and O–H groups in total. The van der Waals surface area contributed by atoms with Gasteiger partial charge < -0.3 is 9.88 Å². The van der Waals surface area contributed by atoms with Crippen LogP contribution in [0.15, 0.2) is 90.6 Å². The van der Waals surface area contributed by atoms with Gasteiger partial charge in [0.15, 0.2) is 0 Å². The van der Waals surface area contributed by atoms with E-state index in [1.54, 1.807) is 6.08 Å². The normalized spacial score (nSPS) is 11.2. The lowest BCUT2D eigenvalue weighted by Gasteiger charge is -2.09. The number of nitriles is 1. The van der Waals surface area contributed by atoms with Gasteiger partial charge >= 0.3 is 0 Å². The Bertz CT molecular complexity index is 1260. The standard InChI is InChI=1S/C25H19N3O/c1-18-8-11-22(12-9-18)27-25(29)21(17-26)16-23-7-4-14-28(23)24-13-10-19-5-2-3-6-20(19)15-24/h2-16H,1H3,(H,27,29)/b21-16-. The van der Waals surface area contributed by atoms with Gasteiger partial charge in [-0.25, -0.2) is 0 Å². The molecule has 0 aliphatic carbocycles. The molecule has 1 aromatic heterocycles. The molecular formula is C25H19N3O. The summed E-state index contributed by atoms with van der Waals surface area (Å²) in [4.78, 5) is 12.6. The maximum atomic E-state index is 12.6. The molecule has 0 radical (unpaired) electrons. The fourth-order valence-corrected chi connectivity index (χ4v) is 3.21. The predicted octanol–water partition coefficient (Wildman–Crippen LogP) is 5.48. The lowest BCUT2D eigenvalue weighted by atomic mass is 10.1. The van der Waals surface area contributed by atoms with E-state index in [9.17, 15) is 10.1 Å². The van der Waals surface area contributed by atoms with Crippen molar-refractivity contribution in [2.45, 2.75) is 6.92 Å². The number of aryl methyl sites for hydroxylation is 1. The quantitative estimate of drug-likeness (QED) is 0.378. The van der Waals surface area contributed by atoms with Crippen LogP contribution < -0.4 is 5.32 Å². The number of hydrogen-bond acceptors (Lipinski definition) is 2. The first kappa shape index (κ1) is 18.3. The van der Waals surface area contributed by atoms with Crippen molar-refractivity contribution in [3.63, 3.8) is 0 Å². The van der Waals surface area contributed by atoms with E-state index in [1.165, 1.54) is 0 Å². The van der Waals surface area contributed by atoms with Crippen LogP contribution in [-0.2, 0) is 4.79 Å². The SMILES string of the molecule is Cc1ccc(NC(=O)/C(C#N)=C\c2cccn2-c2ccc3ccccc3c2)cc1. The van der Waals surface area contributed by atoms with Crippen LogP contribution >= 0.6 is 0 Å². The van der Waals surface area contributed by atoms with Gasteiger partial charge in [-0.2, -0.15) is 5.26 Å². The van der Waals surface area contributed by atoms with Crippen LogP contribution in [-0.4, -0.2) is 10.5 Å². The maximum absolute atomic E-state index is 12.6. The minimum atomic E-state index is -0.428. The topological polar surface area (TPSA) is 57.8 Å². The molecule has 29 heavy (non-hydrogen) atoms. The molecule has 3 aromatic carbocycles. The molecule has 0 atom stereocenters. The average molecular weight is 377 g/mol. The highest BCUT2D eigenvalue weighted by Crippen LogP contribution is 2.21. The molecule has 0 fully saturated rings. The number of carbonyl (C=O) groups is 1. The minimum Gasteiger partial charge on any atom is -0.321 e. The zero-order valence-corrected chi connectivity index (χ0v) is 16.0. The summed E-state index contributed by atoms with van der Waals surface area (Å²) in [6, 6.07) is 27.6. The minimum absolute atomic E-state index is 0.0475. The largest absolute Gasteiger partial charge is 0.321 e. The number of fused-ring (bicyclic) bond motifs is 1. The average Bonchev–Trinajstić information content (AvgIpc) is 3.21. The van der Waals surface area contributed by atoms with Gasteiger partial charge in [0.25, 0.3) is 5.91 Å². The third-order valence-corrected chi connectivity index (χ3v) is 4.76. The van der Waals surface area contributed by atoms with E-state index in [0.717, 1.165) is 27.7 Å². The monoisotopic (exact) mass is 377 g/mol. The third-order valence-electron chi connectivity index (χ3n) is 4.76. The van der Waals surface area contributed by atoms with Crippen molar-refractivity contribution < 1.29 is 4.79 Å². The number of aromatic nitrogens is 1. The second-order valence-electron chi connectivity index (χ2n) is 6.82. The number of carbonyl (C=O) groups excluding carboxylic acids is 1. The van der Waals surface area contributed by atoms with Crippen molar-refractivity contribution in [1.29, 1.82) is 5.26 Å². The molecule has 0 aliphatic heterocycles. The highest BCUT2D eigenvalue weighted by Gasteiger charge is 2.11. The molecule has 0 spiro atoms. The van der Waals surface area contributed by atoms with E-state index in [1.807, 2.05) is 78.4 Å². The molecule has 140 valence electrons. The summed E-state index contributed by atoms with van der Waals surface area (Å²) < 4.78 is 1.96. The van der Waals surface area contributed by atoms with E-state index in [-0.39, 0.29) is 5.57 Å². The summed E-state index contributed by atoms with van der Waals surface area (Å²) in [7, 11) is 0. The van der Waals surface area contributed by atoms with Crippen LogP contribution in [0.1, 0.15) is 11.3 Å². The molecule has 0 bridgehead atoms. The van der Waals surface area contributed by atoms with Gasteiger partial charge in [-0.3, -0.25) is 4.79 Å². The van der Waals surface area contributed by atoms with Gasteiger partial charge in [0.2, 0.25) is 0 Å². The molecule has 4 nitrogen and oxygen atoms in total. The predicted molar refractivity (Wildman–Crippen MR) is 117 cm³/mol. The zero-order chi connectivity index (χ0) is 20.2. The van der Waals surface area contributed by atoms with E-state index in [4.69, 9.17) is 0 Å². The first-order valence-corrected chi connectivity index (χ1v) is 9.30. The Hall–Kier alpha value is -4.10. The first-order valence-electron chi connectivity index (χ1n) is 9.30. The number of amides is 1. The van der Waals surface area contributed by atoms with Gasteiger partial charge in [-0.15, -0.1) is 0 Å². The molecule has 4 heteroatoms. The summed E-state index contributed by atoms with van der Waals surface area (Å²) in [6.45, 7) is 1.98. The van der Waals surface area contributed by atoms with E-state index in [0.29, 0.717) is 5.69 Å².